The summed E-state index contributed by atoms with van der Waals surface area (Å²) in [6.45, 7) is 2.61. The third-order valence-electron chi connectivity index (χ3n) is 3.76. The number of para-hydroxylation sites is 1. The van der Waals surface area contributed by atoms with Gasteiger partial charge in [0, 0.05) is 16.1 Å². The number of hydrogen-bond acceptors (Lipinski definition) is 5. The van der Waals surface area contributed by atoms with Gasteiger partial charge in [-0.05, 0) is 49.0 Å². The number of nitrogens with zero attached hydrogens (tertiary/aromatic N) is 1. The fraction of sp³-hybridized carbons (Fsp3) is 0.150. The number of amides is 2. The number of benzene rings is 2. The normalized spacial score (nSPS) is 15.2. The number of rotatable bonds is 6. The number of ether oxygens (including phenoxy) is 1. The molecule has 0 spiro atoms. The van der Waals surface area contributed by atoms with Gasteiger partial charge in [-0.1, -0.05) is 54.6 Å². The summed E-state index contributed by atoms with van der Waals surface area (Å²) in [6, 6.07) is 13.9. The molecule has 3 rings (SSSR count). The summed E-state index contributed by atoms with van der Waals surface area (Å²) in [4.78, 5) is 25.6. The largest absolute Gasteiger partial charge is 0.493 e. The van der Waals surface area contributed by atoms with Crippen molar-refractivity contribution in [2.45, 2.75) is 13.3 Å². The van der Waals surface area contributed by atoms with Crippen LogP contribution in [0.1, 0.15) is 29.3 Å². The molecule has 2 amide bonds. The van der Waals surface area contributed by atoms with Gasteiger partial charge in [-0.2, -0.15) is 5.01 Å². The Hall–Kier alpha value is -2.35. The lowest BCUT2D eigenvalue weighted by atomic mass is 10.2. The van der Waals surface area contributed by atoms with Gasteiger partial charge in [0.15, 0.2) is 4.32 Å². The van der Waals surface area contributed by atoms with Crippen molar-refractivity contribution < 1.29 is 14.3 Å². The zero-order valence-electron chi connectivity index (χ0n) is 15.0. The average Bonchev–Trinajstić information content (AvgIpc) is 2.94. The van der Waals surface area contributed by atoms with Gasteiger partial charge in [0.1, 0.15) is 5.75 Å². The SMILES string of the molecule is CCCOc1ccccc1/C=C1/SC(=S)N(NC(=O)c2cccc(Cl)c2)C1=O. The van der Waals surface area contributed by atoms with E-state index in [-0.39, 0.29) is 4.32 Å². The van der Waals surface area contributed by atoms with Crippen molar-refractivity contribution in [1.29, 1.82) is 0 Å². The van der Waals surface area contributed by atoms with Gasteiger partial charge in [0.05, 0.1) is 11.5 Å². The Morgan fingerprint density at radius 3 is 2.82 bits per heavy atom. The maximum atomic E-state index is 12.7. The number of thiocarbonyl (C=S) groups is 1. The first kappa shape index (κ1) is 20.4. The summed E-state index contributed by atoms with van der Waals surface area (Å²) in [6.07, 6.45) is 2.60. The predicted octanol–water partition coefficient (Wildman–Crippen LogP) is 4.68. The number of carbonyl (C=O) groups is 2. The van der Waals surface area contributed by atoms with E-state index >= 15 is 0 Å². The maximum Gasteiger partial charge on any atom is 0.285 e. The van der Waals surface area contributed by atoms with Crippen LogP contribution in [-0.4, -0.2) is 27.8 Å². The Morgan fingerprint density at radius 1 is 1.29 bits per heavy atom. The molecular weight excluding hydrogens is 416 g/mol. The topological polar surface area (TPSA) is 58.6 Å². The minimum absolute atomic E-state index is 0.249. The van der Waals surface area contributed by atoms with Gasteiger partial charge in [0.25, 0.3) is 11.8 Å². The molecule has 0 atom stereocenters. The number of carbonyl (C=O) groups excluding carboxylic acids is 2. The molecule has 5 nitrogen and oxygen atoms in total. The molecule has 1 fully saturated rings. The molecular formula is C20H17ClN2O3S2. The summed E-state index contributed by atoms with van der Waals surface area (Å²) >= 11 is 12.3. The second-order valence-electron chi connectivity index (χ2n) is 5.85. The van der Waals surface area contributed by atoms with Crippen LogP contribution >= 0.6 is 35.6 Å². The zero-order chi connectivity index (χ0) is 20.1. The molecule has 1 aliphatic rings. The highest BCUT2D eigenvalue weighted by Crippen LogP contribution is 2.33. The van der Waals surface area contributed by atoms with Crippen LogP contribution in [0.4, 0.5) is 0 Å². The third kappa shape index (κ3) is 4.73. The highest BCUT2D eigenvalue weighted by molar-refractivity contribution is 8.26. The van der Waals surface area contributed by atoms with Crippen LogP contribution in [0.5, 0.6) is 5.75 Å². The third-order valence-corrected chi connectivity index (χ3v) is 5.30. The van der Waals surface area contributed by atoms with E-state index in [9.17, 15) is 9.59 Å². The summed E-state index contributed by atoms with van der Waals surface area (Å²) in [5.41, 5.74) is 3.65. The smallest absolute Gasteiger partial charge is 0.285 e. The first-order valence-corrected chi connectivity index (χ1v) is 10.2. The monoisotopic (exact) mass is 432 g/mol. The lowest BCUT2D eigenvalue weighted by molar-refractivity contribution is -0.123. The molecule has 0 radical (unpaired) electrons. The molecule has 8 heteroatoms. The summed E-state index contributed by atoms with van der Waals surface area (Å²) < 4.78 is 5.97. The molecule has 28 heavy (non-hydrogen) atoms. The van der Waals surface area contributed by atoms with Crippen molar-refractivity contribution in [1.82, 2.24) is 10.4 Å². The molecule has 1 aliphatic heterocycles. The quantitative estimate of drug-likeness (QED) is 0.530. The van der Waals surface area contributed by atoms with E-state index in [1.54, 1.807) is 24.3 Å². The number of halogens is 1. The van der Waals surface area contributed by atoms with Crippen molar-refractivity contribution in [3.63, 3.8) is 0 Å². The van der Waals surface area contributed by atoms with Crippen LogP contribution < -0.4 is 10.2 Å². The molecule has 0 bridgehead atoms. The molecule has 0 saturated carbocycles. The first-order valence-electron chi connectivity index (χ1n) is 8.56. The van der Waals surface area contributed by atoms with Crippen LogP contribution in [0.15, 0.2) is 53.4 Å². The van der Waals surface area contributed by atoms with E-state index in [2.05, 4.69) is 5.43 Å². The van der Waals surface area contributed by atoms with Gasteiger partial charge in [-0.25, -0.2) is 0 Å². The summed E-state index contributed by atoms with van der Waals surface area (Å²) in [7, 11) is 0. The molecule has 1 saturated heterocycles. The van der Waals surface area contributed by atoms with Crippen molar-refractivity contribution in [2.75, 3.05) is 6.61 Å². The molecule has 2 aromatic rings. The molecule has 0 aromatic heterocycles. The average molecular weight is 433 g/mol. The fourth-order valence-electron chi connectivity index (χ4n) is 2.44. The fourth-order valence-corrected chi connectivity index (χ4v) is 3.81. The molecule has 1 N–H and O–H groups in total. The van der Waals surface area contributed by atoms with E-state index in [0.717, 1.165) is 28.8 Å². The van der Waals surface area contributed by atoms with Gasteiger partial charge in [-0.3, -0.25) is 15.0 Å². The van der Waals surface area contributed by atoms with Crippen LogP contribution in [0, 0.1) is 0 Å². The number of hydrogen-bond donors (Lipinski definition) is 1. The van der Waals surface area contributed by atoms with Gasteiger partial charge >= 0.3 is 0 Å². The molecule has 0 aliphatic carbocycles. The van der Waals surface area contributed by atoms with Crippen LogP contribution in [-0.2, 0) is 4.79 Å². The van der Waals surface area contributed by atoms with E-state index in [0.29, 0.717) is 27.8 Å². The Morgan fingerprint density at radius 2 is 2.07 bits per heavy atom. The highest BCUT2D eigenvalue weighted by atomic mass is 35.5. The van der Waals surface area contributed by atoms with E-state index in [1.807, 2.05) is 31.2 Å². The lowest BCUT2D eigenvalue weighted by Crippen LogP contribution is -2.44. The minimum atomic E-state index is -0.466. The Balaban J connectivity index is 1.78. The lowest BCUT2D eigenvalue weighted by Gasteiger charge is -2.15. The molecule has 0 unspecified atom stereocenters. The van der Waals surface area contributed by atoms with Gasteiger partial charge in [-0.15, -0.1) is 0 Å². The second kappa shape index (κ2) is 9.23. The predicted molar refractivity (Wildman–Crippen MR) is 116 cm³/mol. The second-order valence-corrected chi connectivity index (χ2v) is 7.97. The van der Waals surface area contributed by atoms with E-state index in [1.165, 1.54) is 6.07 Å². The zero-order valence-corrected chi connectivity index (χ0v) is 17.4. The van der Waals surface area contributed by atoms with Gasteiger partial charge in [0.2, 0.25) is 0 Å². The van der Waals surface area contributed by atoms with Crippen LogP contribution in [0.25, 0.3) is 6.08 Å². The van der Waals surface area contributed by atoms with E-state index in [4.69, 9.17) is 28.6 Å². The standard InChI is InChI=1S/C20H17ClN2O3S2/c1-2-10-26-16-9-4-3-6-13(16)12-17-19(25)23(20(27)28-17)22-18(24)14-7-5-8-15(21)11-14/h3-9,11-12H,2,10H2,1H3,(H,22,24)/b17-12+. The number of hydrazine groups is 1. The summed E-state index contributed by atoms with van der Waals surface area (Å²) in [5.74, 6) is -0.167. The molecule has 144 valence electrons. The van der Waals surface area contributed by atoms with Crippen molar-refractivity contribution in [2.24, 2.45) is 0 Å². The van der Waals surface area contributed by atoms with Crippen LogP contribution in [0.2, 0.25) is 5.02 Å². The number of nitrogens with one attached hydrogen (secondary N) is 1. The highest BCUT2D eigenvalue weighted by Gasteiger charge is 2.34. The van der Waals surface area contributed by atoms with Crippen molar-refractivity contribution in [3.8, 4) is 5.75 Å². The Kier molecular flexibility index (Phi) is 6.72. The molecule has 1 heterocycles. The maximum absolute atomic E-state index is 12.7. The Bertz CT molecular complexity index is 962. The minimum Gasteiger partial charge on any atom is -0.493 e. The Labute approximate surface area is 177 Å². The summed E-state index contributed by atoms with van der Waals surface area (Å²) in [5, 5.41) is 1.51. The van der Waals surface area contributed by atoms with Gasteiger partial charge < -0.3 is 4.74 Å². The van der Waals surface area contributed by atoms with Crippen molar-refractivity contribution >= 4 is 57.8 Å². The van der Waals surface area contributed by atoms with Crippen molar-refractivity contribution in [3.05, 3.63) is 69.6 Å². The van der Waals surface area contributed by atoms with E-state index < -0.39 is 11.8 Å². The number of thioether (sulfide) groups is 1. The first-order chi connectivity index (χ1) is 13.5. The van der Waals surface area contributed by atoms with Crippen LogP contribution in [0.3, 0.4) is 0 Å². The molecule has 2 aromatic carbocycles.